The van der Waals surface area contributed by atoms with Crippen molar-refractivity contribution >= 4 is 5.91 Å². The van der Waals surface area contributed by atoms with Crippen molar-refractivity contribution < 1.29 is 9.53 Å². The van der Waals surface area contributed by atoms with Crippen LogP contribution in [0.5, 0.6) is 5.75 Å². The highest BCUT2D eigenvalue weighted by Gasteiger charge is 2.20. The molecule has 5 heteroatoms. The molecule has 106 valence electrons. The number of ether oxygens (including phenoxy) is 1. The predicted octanol–water partition coefficient (Wildman–Crippen LogP) is 2.44. The molecule has 1 aromatic carbocycles. The molecule has 2 atom stereocenters. The van der Waals surface area contributed by atoms with Gasteiger partial charge in [0, 0.05) is 12.4 Å². The number of carbonyl (C=O) groups is 1. The molecule has 0 bridgehead atoms. The monoisotopic (exact) mass is 273 g/mol. The highest BCUT2D eigenvalue weighted by atomic mass is 16.5. The van der Waals surface area contributed by atoms with Crippen LogP contribution in [-0.4, -0.2) is 22.0 Å². The Morgan fingerprint density at radius 2 is 2.15 bits per heavy atom. The van der Waals surface area contributed by atoms with E-state index >= 15 is 0 Å². The van der Waals surface area contributed by atoms with E-state index in [1.807, 2.05) is 37.3 Å². The summed E-state index contributed by atoms with van der Waals surface area (Å²) in [4.78, 5) is 19.3. The second-order valence-corrected chi connectivity index (χ2v) is 4.52. The molecule has 1 aromatic heterocycles. The molecule has 0 aliphatic heterocycles. The molecule has 0 unspecified atom stereocenters. The van der Waals surface area contributed by atoms with Gasteiger partial charge < -0.3 is 15.0 Å². The molecule has 2 N–H and O–H groups in total. The zero-order valence-corrected chi connectivity index (χ0v) is 11.7. The van der Waals surface area contributed by atoms with Crippen LogP contribution in [0.2, 0.25) is 0 Å². The molecular weight excluding hydrogens is 254 g/mol. The van der Waals surface area contributed by atoms with Gasteiger partial charge in [0.05, 0.1) is 6.04 Å². The Hall–Kier alpha value is -2.30. The summed E-state index contributed by atoms with van der Waals surface area (Å²) >= 11 is 0. The summed E-state index contributed by atoms with van der Waals surface area (Å²) in [6.07, 6.45) is 3.63. The van der Waals surface area contributed by atoms with Gasteiger partial charge in [-0.1, -0.05) is 25.1 Å². The Morgan fingerprint density at radius 3 is 2.75 bits per heavy atom. The summed E-state index contributed by atoms with van der Waals surface area (Å²) in [6, 6.07) is 9.18. The van der Waals surface area contributed by atoms with Crippen LogP contribution in [-0.2, 0) is 4.79 Å². The van der Waals surface area contributed by atoms with Crippen LogP contribution in [0, 0.1) is 0 Å². The van der Waals surface area contributed by atoms with Crippen molar-refractivity contribution in [2.24, 2.45) is 0 Å². The van der Waals surface area contributed by atoms with Gasteiger partial charge in [-0.05, 0) is 25.5 Å². The van der Waals surface area contributed by atoms with Gasteiger partial charge in [0.15, 0.2) is 6.10 Å². The molecule has 0 spiro atoms. The minimum absolute atomic E-state index is 0.126. The van der Waals surface area contributed by atoms with Crippen LogP contribution in [0.15, 0.2) is 42.7 Å². The van der Waals surface area contributed by atoms with Gasteiger partial charge >= 0.3 is 0 Å². The minimum atomic E-state index is -0.554. The average molecular weight is 273 g/mol. The lowest BCUT2D eigenvalue weighted by Crippen LogP contribution is -2.38. The van der Waals surface area contributed by atoms with E-state index in [2.05, 4.69) is 15.3 Å². The number of rotatable bonds is 6. The molecule has 2 rings (SSSR count). The first-order valence-electron chi connectivity index (χ1n) is 6.72. The van der Waals surface area contributed by atoms with Crippen LogP contribution in [0.1, 0.15) is 32.1 Å². The normalized spacial score (nSPS) is 13.5. The van der Waals surface area contributed by atoms with E-state index in [0.717, 1.165) is 12.2 Å². The number of amides is 1. The molecule has 0 aliphatic carbocycles. The summed E-state index contributed by atoms with van der Waals surface area (Å²) in [5.74, 6) is 1.28. The van der Waals surface area contributed by atoms with E-state index in [1.54, 1.807) is 19.3 Å². The van der Waals surface area contributed by atoms with Gasteiger partial charge in [0.1, 0.15) is 11.6 Å². The van der Waals surface area contributed by atoms with Crippen molar-refractivity contribution in [3.8, 4) is 5.75 Å². The summed E-state index contributed by atoms with van der Waals surface area (Å²) in [5, 5.41) is 2.93. The van der Waals surface area contributed by atoms with Gasteiger partial charge in [-0.25, -0.2) is 4.98 Å². The average Bonchev–Trinajstić information content (AvgIpc) is 2.99. The van der Waals surface area contributed by atoms with Crippen molar-refractivity contribution in [2.45, 2.75) is 32.4 Å². The van der Waals surface area contributed by atoms with E-state index in [9.17, 15) is 4.79 Å². The second kappa shape index (κ2) is 6.75. The van der Waals surface area contributed by atoms with E-state index in [0.29, 0.717) is 5.75 Å². The van der Waals surface area contributed by atoms with Crippen LogP contribution in [0.25, 0.3) is 0 Å². The lowest BCUT2D eigenvalue weighted by atomic mass is 10.2. The topological polar surface area (TPSA) is 67.0 Å². The number of nitrogens with zero attached hydrogens (tertiary/aromatic N) is 1. The third-order valence-corrected chi connectivity index (χ3v) is 3.00. The molecule has 1 amide bonds. The van der Waals surface area contributed by atoms with Crippen molar-refractivity contribution in [3.05, 3.63) is 48.5 Å². The number of nitrogens with one attached hydrogen (secondary N) is 2. The van der Waals surface area contributed by atoms with Gasteiger partial charge in [-0.15, -0.1) is 0 Å². The Kier molecular flexibility index (Phi) is 4.76. The largest absolute Gasteiger partial charge is 0.481 e. The maximum Gasteiger partial charge on any atom is 0.261 e. The number of aromatic amines is 1. The maximum atomic E-state index is 12.1. The summed E-state index contributed by atoms with van der Waals surface area (Å²) < 4.78 is 5.60. The predicted molar refractivity (Wildman–Crippen MR) is 76.3 cm³/mol. The molecule has 5 nitrogen and oxygen atoms in total. The molecule has 20 heavy (non-hydrogen) atoms. The Morgan fingerprint density at radius 1 is 1.40 bits per heavy atom. The molecule has 0 aliphatic rings. The molecule has 0 fully saturated rings. The molecule has 0 radical (unpaired) electrons. The van der Waals surface area contributed by atoms with E-state index < -0.39 is 6.10 Å². The quantitative estimate of drug-likeness (QED) is 0.849. The van der Waals surface area contributed by atoms with Crippen molar-refractivity contribution in [3.63, 3.8) is 0 Å². The number of hydrogen-bond donors (Lipinski definition) is 2. The summed E-state index contributed by atoms with van der Waals surface area (Å²) in [6.45, 7) is 3.73. The highest BCUT2D eigenvalue weighted by Crippen LogP contribution is 2.14. The molecule has 0 saturated carbocycles. The number of H-pyrrole nitrogens is 1. The first-order valence-corrected chi connectivity index (χ1v) is 6.72. The number of aromatic nitrogens is 2. The van der Waals surface area contributed by atoms with Gasteiger partial charge in [-0.2, -0.15) is 0 Å². The van der Waals surface area contributed by atoms with E-state index in [1.165, 1.54) is 0 Å². The number of imidazole rings is 1. The number of hydrogen-bond acceptors (Lipinski definition) is 3. The highest BCUT2D eigenvalue weighted by molar-refractivity contribution is 5.81. The first kappa shape index (κ1) is 14.1. The van der Waals surface area contributed by atoms with E-state index in [-0.39, 0.29) is 11.9 Å². The number of benzene rings is 1. The standard InChI is InChI=1S/C15H19N3O2/c1-3-13(14-16-9-10-17-14)18-15(19)11(2)20-12-7-5-4-6-8-12/h4-11,13H,3H2,1-2H3,(H,16,17)(H,18,19)/t11-,13+/m1/s1. The van der Waals surface area contributed by atoms with Crippen LogP contribution >= 0.6 is 0 Å². The SMILES string of the molecule is CC[C@H](NC(=O)[C@@H](C)Oc1ccccc1)c1ncc[nH]1. The second-order valence-electron chi connectivity index (χ2n) is 4.52. The Balaban J connectivity index is 1.93. The summed E-state index contributed by atoms with van der Waals surface area (Å²) in [5.41, 5.74) is 0. The van der Waals surface area contributed by atoms with Crippen molar-refractivity contribution in [1.82, 2.24) is 15.3 Å². The molecule has 0 saturated heterocycles. The number of carbonyl (C=O) groups excluding carboxylic acids is 1. The number of para-hydroxylation sites is 1. The molecule has 2 aromatic rings. The molecule has 1 heterocycles. The summed E-state index contributed by atoms with van der Waals surface area (Å²) in [7, 11) is 0. The van der Waals surface area contributed by atoms with Crippen molar-refractivity contribution in [1.29, 1.82) is 0 Å². The minimum Gasteiger partial charge on any atom is -0.481 e. The Bertz CT molecular complexity index is 525. The lowest BCUT2D eigenvalue weighted by Gasteiger charge is -2.19. The Labute approximate surface area is 118 Å². The zero-order chi connectivity index (χ0) is 14.4. The fraction of sp³-hybridized carbons (Fsp3) is 0.333. The van der Waals surface area contributed by atoms with Gasteiger partial charge in [-0.3, -0.25) is 4.79 Å². The fourth-order valence-corrected chi connectivity index (χ4v) is 1.88. The van der Waals surface area contributed by atoms with Gasteiger partial charge in [0.25, 0.3) is 5.91 Å². The van der Waals surface area contributed by atoms with Crippen LogP contribution in [0.3, 0.4) is 0 Å². The third kappa shape index (κ3) is 3.60. The lowest BCUT2D eigenvalue weighted by molar-refractivity contribution is -0.128. The first-order chi connectivity index (χ1) is 9.70. The zero-order valence-electron chi connectivity index (χ0n) is 11.7. The van der Waals surface area contributed by atoms with Crippen LogP contribution in [0.4, 0.5) is 0 Å². The smallest absolute Gasteiger partial charge is 0.261 e. The third-order valence-electron chi connectivity index (χ3n) is 3.00. The maximum absolute atomic E-state index is 12.1. The van der Waals surface area contributed by atoms with Crippen LogP contribution < -0.4 is 10.1 Å². The molecular formula is C15H19N3O2. The van der Waals surface area contributed by atoms with Crippen molar-refractivity contribution in [2.75, 3.05) is 0 Å². The van der Waals surface area contributed by atoms with E-state index in [4.69, 9.17) is 4.74 Å². The fourth-order valence-electron chi connectivity index (χ4n) is 1.88. The van der Waals surface area contributed by atoms with Gasteiger partial charge in [0.2, 0.25) is 0 Å².